The smallest absolute Gasteiger partial charge is 0.558 e. The summed E-state index contributed by atoms with van der Waals surface area (Å²) >= 11 is 0. The van der Waals surface area contributed by atoms with Crippen molar-refractivity contribution in [2.75, 3.05) is 0 Å². The predicted molar refractivity (Wildman–Crippen MR) is 73.0 cm³/mol. The summed E-state index contributed by atoms with van der Waals surface area (Å²) in [5.74, 6) is 0.692. The second-order valence-electron chi connectivity index (χ2n) is 3.26. The summed E-state index contributed by atoms with van der Waals surface area (Å²) in [6, 6.07) is 16.7. The average molecular weight is 385 g/mol. The minimum absolute atomic E-state index is 0. The van der Waals surface area contributed by atoms with E-state index in [1.165, 1.54) is 0 Å². The van der Waals surface area contributed by atoms with E-state index in [2.05, 4.69) is 9.05 Å². The minimum Gasteiger partial charge on any atom is -0.558 e. The second-order valence-corrected chi connectivity index (χ2v) is 4.52. The van der Waals surface area contributed by atoms with E-state index < -0.39 is 16.5 Å². The first-order valence-corrected chi connectivity index (χ1v) is 7.52. The van der Waals surface area contributed by atoms with Gasteiger partial charge in [0.25, 0.3) is 0 Å². The van der Waals surface area contributed by atoms with Gasteiger partial charge in [0.1, 0.15) is 0 Å². The summed E-state index contributed by atoms with van der Waals surface area (Å²) < 4.78 is 28.7. The van der Waals surface area contributed by atoms with Crippen LogP contribution in [0.5, 0.6) is 11.5 Å². The number of rotatable bonds is 4. The summed E-state index contributed by atoms with van der Waals surface area (Å²) in [4.78, 5) is 20.0. The maximum atomic E-state index is 9.98. The molecular weight excluding hydrogens is 373 g/mol. The molecule has 10 heteroatoms. The Hall–Kier alpha value is -1.36. The Morgan fingerprint density at radius 3 is 1.18 bits per heavy atom. The van der Waals surface area contributed by atoms with Gasteiger partial charge in [-0.2, -0.15) is 0 Å². The molecule has 0 aliphatic carbocycles. The van der Waals surface area contributed by atoms with E-state index in [0.29, 0.717) is 11.5 Å². The third-order valence-electron chi connectivity index (χ3n) is 1.85. The third-order valence-corrected chi connectivity index (χ3v) is 2.57. The molecule has 0 bridgehead atoms. The van der Waals surface area contributed by atoms with Crippen molar-refractivity contribution >= 4 is 16.5 Å². The molecule has 2 unspecified atom stereocenters. The molecule has 2 aromatic rings. The van der Waals surface area contributed by atoms with Crippen LogP contribution in [0.3, 0.4) is 0 Å². The van der Waals surface area contributed by atoms with Crippen molar-refractivity contribution in [3.8, 4) is 11.5 Å². The van der Waals surface area contributed by atoms with E-state index in [-0.39, 0.29) is 22.5 Å². The van der Waals surface area contributed by atoms with Crippen molar-refractivity contribution in [2.24, 2.45) is 0 Å². The van der Waals surface area contributed by atoms with E-state index in [1.807, 2.05) is 0 Å². The fourth-order valence-corrected chi connectivity index (χ4v) is 1.72. The predicted octanol–water partition coefficient (Wildman–Crippen LogP) is 1.34. The quantitative estimate of drug-likeness (QED) is 0.577. The first-order valence-electron chi connectivity index (χ1n) is 5.33. The molecule has 2 N–H and O–H groups in total. The van der Waals surface area contributed by atoms with Crippen LogP contribution in [0.4, 0.5) is 0 Å². The maximum absolute atomic E-state index is 9.98. The molecule has 2 rings (SSSR count). The summed E-state index contributed by atoms with van der Waals surface area (Å²) in [5, 5.41) is 0. The molecule has 0 aromatic heterocycles. The van der Waals surface area contributed by atoms with Gasteiger partial charge >= 0.3 is 33.6 Å². The van der Waals surface area contributed by atoms with Gasteiger partial charge in [0.05, 0.1) is 0 Å². The number of para-hydroxylation sites is 2. The van der Waals surface area contributed by atoms with Crippen molar-refractivity contribution in [3.63, 3.8) is 0 Å². The van der Waals surface area contributed by atoms with Crippen molar-refractivity contribution < 1.29 is 50.5 Å². The summed E-state index contributed by atoms with van der Waals surface area (Å²) in [7, 11) is -5.55. The van der Waals surface area contributed by atoms with Gasteiger partial charge in [-0.15, -0.1) is 0 Å². The van der Waals surface area contributed by atoms with Crippen molar-refractivity contribution in [3.05, 3.63) is 60.7 Å². The molecule has 0 heterocycles. The van der Waals surface area contributed by atoms with Crippen LogP contribution in [0.25, 0.3) is 0 Å². The van der Waals surface area contributed by atoms with E-state index in [9.17, 15) is 18.9 Å². The van der Waals surface area contributed by atoms with Crippen LogP contribution in [0.15, 0.2) is 60.7 Å². The molecule has 2 atom stereocenters. The second kappa shape index (κ2) is 13.3. The molecule has 0 saturated carbocycles. The molecule has 1 radical (unpaired) electrons. The minimum atomic E-state index is -2.78. The zero-order valence-electron chi connectivity index (χ0n) is 11.0. The van der Waals surface area contributed by atoms with Crippen molar-refractivity contribution in [1.82, 2.24) is 0 Å². The first-order chi connectivity index (χ1) is 9.58. The van der Waals surface area contributed by atoms with Crippen LogP contribution in [0.1, 0.15) is 0 Å². The van der Waals surface area contributed by atoms with Crippen LogP contribution >= 0.6 is 16.5 Å². The SMILES string of the molecule is O.O=[P+]([O-])Oc1ccccc1.O=[P+]([O-])Oc1ccccc1.[Mn+2]. The van der Waals surface area contributed by atoms with E-state index in [0.717, 1.165) is 0 Å². The van der Waals surface area contributed by atoms with E-state index >= 15 is 0 Å². The Kier molecular flexibility index (Phi) is 13.9. The van der Waals surface area contributed by atoms with Gasteiger partial charge in [-0.25, -0.2) is 0 Å². The molecule has 0 fully saturated rings. The average Bonchev–Trinajstić information content (AvgIpc) is 2.40. The van der Waals surface area contributed by atoms with Gasteiger partial charge in [-0.1, -0.05) is 36.4 Å². The van der Waals surface area contributed by atoms with Crippen LogP contribution in [-0.4, -0.2) is 5.48 Å². The van der Waals surface area contributed by atoms with Gasteiger partial charge in [0.15, 0.2) is 11.5 Å². The normalized spacial score (nSPS) is 9.73. The van der Waals surface area contributed by atoms with Gasteiger partial charge < -0.3 is 15.3 Å². The molecule has 22 heavy (non-hydrogen) atoms. The van der Waals surface area contributed by atoms with Gasteiger partial charge in [-0.3, -0.25) is 9.05 Å². The van der Waals surface area contributed by atoms with Crippen LogP contribution in [0, 0.1) is 0 Å². The van der Waals surface area contributed by atoms with Crippen molar-refractivity contribution in [1.29, 1.82) is 0 Å². The monoisotopic (exact) mass is 385 g/mol. The fraction of sp³-hybridized carbons (Fsp3) is 0. The Morgan fingerprint density at radius 1 is 0.682 bits per heavy atom. The molecule has 7 nitrogen and oxygen atoms in total. The fourth-order valence-electron chi connectivity index (χ4n) is 1.13. The number of hydrogen-bond acceptors (Lipinski definition) is 6. The first kappa shape index (κ1) is 22.9. The summed E-state index contributed by atoms with van der Waals surface area (Å²) in [6.07, 6.45) is 0. The number of benzene rings is 2. The van der Waals surface area contributed by atoms with E-state index in [4.69, 9.17) is 0 Å². The molecular formula is C12H12MnO7P2+2. The molecule has 0 aliphatic heterocycles. The summed E-state index contributed by atoms with van der Waals surface area (Å²) in [5.41, 5.74) is 0. The third kappa shape index (κ3) is 11.3. The van der Waals surface area contributed by atoms with Gasteiger partial charge in [0, 0.05) is 0 Å². The Labute approximate surface area is 139 Å². The molecule has 0 saturated heterocycles. The van der Waals surface area contributed by atoms with Crippen LogP contribution in [-0.2, 0) is 26.2 Å². The van der Waals surface area contributed by atoms with Crippen LogP contribution < -0.4 is 18.8 Å². The number of hydrogen-bond donors (Lipinski definition) is 0. The molecule has 2 aromatic carbocycles. The van der Waals surface area contributed by atoms with Gasteiger partial charge in [0.2, 0.25) is 0 Å². The zero-order valence-corrected chi connectivity index (χ0v) is 14.0. The Balaban J connectivity index is 0. The molecule has 117 valence electrons. The maximum Gasteiger partial charge on any atom is 2.00 e. The van der Waals surface area contributed by atoms with Crippen molar-refractivity contribution in [2.45, 2.75) is 0 Å². The zero-order chi connectivity index (χ0) is 14.8. The molecule has 0 aliphatic rings. The molecule has 0 spiro atoms. The Bertz CT molecular complexity index is 502. The Morgan fingerprint density at radius 2 is 0.955 bits per heavy atom. The van der Waals surface area contributed by atoms with Crippen LogP contribution in [0.2, 0.25) is 0 Å². The topological polar surface area (TPSA) is 130 Å². The van der Waals surface area contributed by atoms with E-state index in [1.54, 1.807) is 60.7 Å². The largest absolute Gasteiger partial charge is 2.00 e. The van der Waals surface area contributed by atoms with Gasteiger partial charge in [-0.05, 0) is 33.4 Å². The summed E-state index contributed by atoms with van der Waals surface area (Å²) in [6.45, 7) is 0. The molecule has 0 amide bonds. The standard InChI is InChI=1S/2C6H5O3P.Mn.H2O/c2*7-10(8)9-6-4-2-1-3-5-6;;/h2*1-5H;;1H2/q;;+2;.